The highest BCUT2D eigenvalue weighted by molar-refractivity contribution is 6.22. The second-order valence-electron chi connectivity index (χ2n) is 6.55. The maximum absolute atomic E-state index is 12.8. The molecule has 2 aliphatic heterocycles. The molecular formula is C19H24N2O5. The molecule has 0 radical (unpaired) electrons. The Balaban J connectivity index is 1.66. The van der Waals surface area contributed by atoms with Crippen molar-refractivity contribution in [3.8, 4) is 5.75 Å². The summed E-state index contributed by atoms with van der Waals surface area (Å²) in [5.74, 6) is -0.00753. The number of hydrogen-bond donors (Lipinski definition) is 0. The van der Waals surface area contributed by atoms with Crippen LogP contribution in [0.25, 0.3) is 0 Å². The average Bonchev–Trinajstić information content (AvgIpc) is 2.96. The van der Waals surface area contributed by atoms with E-state index in [1.54, 1.807) is 24.3 Å². The van der Waals surface area contributed by atoms with Crippen molar-refractivity contribution >= 4 is 23.5 Å². The molecule has 0 unspecified atom stereocenters. The fraction of sp³-hybridized carbons (Fsp3) is 0.526. The third-order valence-corrected chi connectivity index (χ3v) is 5.03. The van der Waals surface area contributed by atoms with Gasteiger partial charge >= 0.3 is 5.97 Å². The standard InChI is InChI=1S/C19H24N2O5/c1-3-26-15-6-4-14(5-7-15)21-17(22)12-16(18(21)23)20-10-8-13(9-11-20)19(24)25-2/h4-7,13,16H,3,8-12H2,1-2H3/t16-/m0/s1. The van der Waals surface area contributed by atoms with E-state index < -0.39 is 6.04 Å². The van der Waals surface area contributed by atoms with Crippen molar-refractivity contribution in [3.63, 3.8) is 0 Å². The maximum atomic E-state index is 12.8. The van der Waals surface area contributed by atoms with Crippen LogP contribution in [0.5, 0.6) is 5.75 Å². The molecular weight excluding hydrogens is 336 g/mol. The average molecular weight is 360 g/mol. The Morgan fingerprint density at radius 2 is 1.81 bits per heavy atom. The van der Waals surface area contributed by atoms with Gasteiger partial charge in [0.05, 0.1) is 37.8 Å². The number of imide groups is 1. The molecule has 0 aliphatic carbocycles. The molecule has 140 valence electrons. The van der Waals surface area contributed by atoms with E-state index in [9.17, 15) is 14.4 Å². The lowest BCUT2D eigenvalue weighted by molar-refractivity contribution is -0.147. The number of ether oxygens (including phenoxy) is 2. The number of methoxy groups -OCH3 is 1. The number of carbonyl (C=O) groups is 3. The van der Waals surface area contributed by atoms with Gasteiger partial charge in [0.1, 0.15) is 5.75 Å². The van der Waals surface area contributed by atoms with Gasteiger partial charge in [0.15, 0.2) is 0 Å². The number of amides is 2. The first-order valence-electron chi connectivity index (χ1n) is 8.96. The van der Waals surface area contributed by atoms with Crippen LogP contribution in [0.2, 0.25) is 0 Å². The molecule has 0 saturated carbocycles. The van der Waals surface area contributed by atoms with Gasteiger partial charge in [0.25, 0.3) is 5.91 Å². The predicted molar refractivity (Wildman–Crippen MR) is 94.8 cm³/mol. The molecule has 0 spiro atoms. The molecule has 7 heteroatoms. The Morgan fingerprint density at radius 1 is 1.15 bits per heavy atom. The second-order valence-corrected chi connectivity index (χ2v) is 6.55. The molecule has 2 aliphatic rings. The lowest BCUT2D eigenvalue weighted by Gasteiger charge is -2.33. The lowest BCUT2D eigenvalue weighted by atomic mass is 9.95. The summed E-state index contributed by atoms with van der Waals surface area (Å²) in [5.41, 5.74) is 0.565. The van der Waals surface area contributed by atoms with Crippen LogP contribution in [0, 0.1) is 5.92 Å². The van der Waals surface area contributed by atoms with Crippen molar-refractivity contribution in [2.75, 3.05) is 31.7 Å². The first kappa shape index (κ1) is 18.4. The van der Waals surface area contributed by atoms with Crippen molar-refractivity contribution in [2.45, 2.75) is 32.2 Å². The summed E-state index contributed by atoms with van der Waals surface area (Å²) in [6, 6.07) is 6.52. The van der Waals surface area contributed by atoms with Crippen molar-refractivity contribution in [2.24, 2.45) is 5.92 Å². The molecule has 1 aromatic rings. The van der Waals surface area contributed by atoms with E-state index in [0.29, 0.717) is 44.0 Å². The van der Waals surface area contributed by atoms with Gasteiger partial charge in [0.2, 0.25) is 5.91 Å². The number of likely N-dealkylation sites (tertiary alicyclic amines) is 1. The molecule has 0 N–H and O–H groups in total. The normalized spacial score (nSPS) is 21.9. The van der Waals surface area contributed by atoms with Crippen LogP contribution in [0.3, 0.4) is 0 Å². The highest BCUT2D eigenvalue weighted by Gasteiger charge is 2.43. The van der Waals surface area contributed by atoms with Gasteiger partial charge in [-0.2, -0.15) is 0 Å². The molecule has 0 aromatic heterocycles. The van der Waals surface area contributed by atoms with Crippen LogP contribution >= 0.6 is 0 Å². The number of benzene rings is 1. The smallest absolute Gasteiger partial charge is 0.308 e. The topological polar surface area (TPSA) is 76.2 Å². The van der Waals surface area contributed by atoms with E-state index in [4.69, 9.17) is 9.47 Å². The number of rotatable bonds is 5. The Morgan fingerprint density at radius 3 is 2.38 bits per heavy atom. The fourth-order valence-electron chi connectivity index (χ4n) is 3.64. The molecule has 2 amide bonds. The van der Waals surface area contributed by atoms with E-state index in [1.165, 1.54) is 12.0 Å². The third kappa shape index (κ3) is 3.58. The van der Waals surface area contributed by atoms with Crippen LogP contribution in [-0.4, -0.2) is 55.5 Å². The molecule has 26 heavy (non-hydrogen) atoms. The number of anilines is 1. The SMILES string of the molecule is CCOc1ccc(N2C(=O)C[C@H](N3CCC(C(=O)OC)CC3)C2=O)cc1. The first-order valence-corrected chi connectivity index (χ1v) is 8.96. The minimum atomic E-state index is -0.451. The molecule has 2 fully saturated rings. The van der Waals surface area contributed by atoms with Crippen LogP contribution in [-0.2, 0) is 19.1 Å². The molecule has 1 atom stereocenters. The van der Waals surface area contributed by atoms with Crippen molar-refractivity contribution in [1.82, 2.24) is 4.90 Å². The monoisotopic (exact) mass is 360 g/mol. The van der Waals surface area contributed by atoms with Crippen molar-refractivity contribution in [1.29, 1.82) is 0 Å². The molecule has 7 nitrogen and oxygen atoms in total. The highest BCUT2D eigenvalue weighted by Crippen LogP contribution is 2.29. The Kier molecular flexibility index (Phi) is 5.56. The lowest BCUT2D eigenvalue weighted by Crippen LogP contribution is -2.46. The summed E-state index contributed by atoms with van der Waals surface area (Å²) >= 11 is 0. The van der Waals surface area contributed by atoms with Crippen molar-refractivity contribution in [3.05, 3.63) is 24.3 Å². The van der Waals surface area contributed by atoms with Gasteiger partial charge < -0.3 is 9.47 Å². The van der Waals surface area contributed by atoms with Gasteiger partial charge in [-0.25, -0.2) is 4.90 Å². The van der Waals surface area contributed by atoms with Crippen LogP contribution in [0.15, 0.2) is 24.3 Å². The van der Waals surface area contributed by atoms with Gasteiger partial charge in [-0.1, -0.05) is 0 Å². The molecule has 3 rings (SSSR count). The summed E-state index contributed by atoms with van der Waals surface area (Å²) in [6.07, 6.45) is 1.47. The molecule has 0 bridgehead atoms. The van der Waals surface area contributed by atoms with E-state index in [0.717, 1.165) is 0 Å². The summed E-state index contributed by atoms with van der Waals surface area (Å²) in [6.45, 7) is 3.68. The minimum absolute atomic E-state index is 0.120. The van der Waals surface area contributed by atoms with Crippen LogP contribution < -0.4 is 9.64 Å². The van der Waals surface area contributed by atoms with Gasteiger partial charge in [-0.05, 0) is 57.1 Å². The number of hydrogen-bond acceptors (Lipinski definition) is 6. The van der Waals surface area contributed by atoms with Crippen molar-refractivity contribution < 1.29 is 23.9 Å². The molecule has 2 heterocycles. The van der Waals surface area contributed by atoms with E-state index in [1.807, 2.05) is 11.8 Å². The zero-order valence-corrected chi connectivity index (χ0v) is 15.1. The minimum Gasteiger partial charge on any atom is -0.494 e. The largest absolute Gasteiger partial charge is 0.494 e. The van der Waals surface area contributed by atoms with E-state index in [2.05, 4.69) is 0 Å². The second kappa shape index (κ2) is 7.86. The number of esters is 1. The zero-order valence-electron chi connectivity index (χ0n) is 15.1. The summed E-state index contributed by atoms with van der Waals surface area (Å²) in [5, 5.41) is 0. The number of carbonyl (C=O) groups excluding carboxylic acids is 3. The van der Waals surface area contributed by atoms with Crippen LogP contribution in [0.4, 0.5) is 5.69 Å². The Labute approximate surface area is 152 Å². The number of piperidine rings is 1. The van der Waals surface area contributed by atoms with E-state index >= 15 is 0 Å². The Bertz CT molecular complexity index is 680. The fourth-order valence-corrected chi connectivity index (χ4v) is 3.64. The summed E-state index contributed by atoms with van der Waals surface area (Å²) in [7, 11) is 1.39. The maximum Gasteiger partial charge on any atom is 0.308 e. The quantitative estimate of drug-likeness (QED) is 0.586. The molecule has 2 saturated heterocycles. The zero-order chi connectivity index (χ0) is 18.7. The van der Waals surface area contributed by atoms with Crippen LogP contribution in [0.1, 0.15) is 26.2 Å². The highest BCUT2D eigenvalue weighted by atomic mass is 16.5. The number of nitrogens with zero attached hydrogens (tertiary/aromatic N) is 2. The first-order chi connectivity index (χ1) is 12.5. The summed E-state index contributed by atoms with van der Waals surface area (Å²) in [4.78, 5) is 40.2. The predicted octanol–water partition coefficient (Wildman–Crippen LogP) is 1.60. The Hall–Kier alpha value is -2.41. The van der Waals surface area contributed by atoms with Gasteiger partial charge in [0, 0.05) is 0 Å². The molecule has 1 aromatic carbocycles. The summed E-state index contributed by atoms with van der Waals surface area (Å²) < 4.78 is 10.2. The van der Waals surface area contributed by atoms with Gasteiger partial charge in [-0.3, -0.25) is 19.3 Å². The third-order valence-electron chi connectivity index (χ3n) is 5.03. The van der Waals surface area contributed by atoms with E-state index in [-0.39, 0.29) is 30.1 Å². The van der Waals surface area contributed by atoms with Gasteiger partial charge in [-0.15, -0.1) is 0 Å².